The van der Waals surface area contributed by atoms with Crippen molar-refractivity contribution in [2.24, 2.45) is 0 Å². The fourth-order valence-corrected chi connectivity index (χ4v) is 5.92. The summed E-state index contributed by atoms with van der Waals surface area (Å²) in [6.45, 7) is -0.0748. The quantitative estimate of drug-likeness (QED) is 0.289. The summed E-state index contributed by atoms with van der Waals surface area (Å²) in [5.74, 6) is 1.18. The van der Waals surface area contributed by atoms with Gasteiger partial charge in [0.1, 0.15) is 12.4 Å². The number of rotatable bonds is 13. The zero-order valence-corrected chi connectivity index (χ0v) is 22.8. The highest BCUT2D eigenvalue weighted by molar-refractivity contribution is 7.98. The molecule has 0 aliphatic carbocycles. The maximum atomic E-state index is 13.7. The van der Waals surface area contributed by atoms with Gasteiger partial charge >= 0.3 is 0 Å². The Morgan fingerprint density at radius 3 is 2.41 bits per heavy atom. The second-order valence-electron chi connectivity index (χ2n) is 7.85. The molecular weight excluding hydrogens is 539 g/mol. The average Bonchev–Trinajstić information content (AvgIpc) is 2.90. The first kappa shape index (κ1) is 28.6. The minimum Gasteiger partial charge on any atom is -0.493 e. The van der Waals surface area contributed by atoms with Crippen LogP contribution >= 0.6 is 23.4 Å². The number of anilines is 1. The fraction of sp³-hybridized carbons (Fsp3) is 0.269. The van der Waals surface area contributed by atoms with Crippen LogP contribution in [-0.2, 0) is 20.6 Å². The molecule has 3 aromatic rings. The molecule has 0 aliphatic rings. The SMILES string of the molecule is COc1ccc(S(=O)(=O)N(CC(=O)NCCCSCc2ccccc2F)c2ccc(Cl)cc2)cc1OC. The number of carbonyl (C=O) groups excluding carboxylic acids is 1. The van der Waals surface area contributed by atoms with E-state index in [1.165, 1.54) is 50.6 Å². The number of sulfonamides is 1. The second kappa shape index (κ2) is 13.6. The number of nitrogens with one attached hydrogen (secondary N) is 1. The second-order valence-corrected chi connectivity index (χ2v) is 11.3. The lowest BCUT2D eigenvalue weighted by molar-refractivity contribution is -0.119. The van der Waals surface area contributed by atoms with Crippen LogP contribution < -0.4 is 19.1 Å². The van der Waals surface area contributed by atoms with Crippen LogP contribution in [0.15, 0.2) is 71.6 Å². The summed E-state index contributed by atoms with van der Waals surface area (Å²) in [6.07, 6.45) is 0.647. The first-order chi connectivity index (χ1) is 17.8. The molecule has 37 heavy (non-hydrogen) atoms. The number of thioether (sulfide) groups is 1. The molecule has 7 nitrogen and oxygen atoms in total. The van der Waals surface area contributed by atoms with Gasteiger partial charge in [0.15, 0.2) is 11.5 Å². The van der Waals surface area contributed by atoms with Gasteiger partial charge in [-0.25, -0.2) is 12.8 Å². The number of amides is 1. The molecule has 1 amide bonds. The van der Waals surface area contributed by atoms with E-state index in [9.17, 15) is 17.6 Å². The van der Waals surface area contributed by atoms with Gasteiger partial charge in [-0.3, -0.25) is 9.10 Å². The van der Waals surface area contributed by atoms with Crippen LogP contribution in [0.2, 0.25) is 5.02 Å². The monoisotopic (exact) mass is 566 g/mol. The highest BCUT2D eigenvalue weighted by atomic mass is 35.5. The van der Waals surface area contributed by atoms with Crippen LogP contribution in [0.25, 0.3) is 0 Å². The predicted octanol–water partition coefficient (Wildman–Crippen LogP) is 5.13. The first-order valence-electron chi connectivity index (χ1n) is 11.3. The molecule has 0 bridgehead atoms. The van der Waals surface area contributed by atoms with Gasteiger partial charge in [0.05, 0.1) is 24.8 Å². The minimum absolute atomic E-state index is 0.0579. The third-order valence-electron chi connectivity index (χ3n) is 5.35. The summed E-state index contributed by atoms with van der Waals surface area (Å²) >= 11 is 7.54. The van der Waals surface area contributed by atoms with E-state index in [1.54, 1.807) is 42.1 Å². The summed E-state index contributed by atoms with van der Waals surface area (Å²) in [7, 11) is -1.28. The summed E-state index contributed by atoms with van der Waals surface area (Å²) < 4.78 is 52.3. The highest BCUT2D eigenvalue weighted by Crippen LogP contribution is 2.32. The third-order valence-corrected chi connectivity index (χ3v) is 8.46. The van der Waals surface area contributed by atoms with Crippen molar-refractivity contribution >= 4 is 45.0 Å². The highest BCUT2D eigenvalue weighted by Gasteiger charge is 2.28. The molecule has 0 radical (unpaired) electrons. The van der Waals surface area contributed by atoms with Crippen molar-refractivity contribution in [3.63, 3.8) is 0 Å². The molecule has 0 heterocycles. The van der Waals surface area contributed by atoms with Gasteiger partial charge in [-0.1, -0.05) is 29.8 Å². The van der Waals surface area contributed by atoms with Crippen LogP contribution in [0.4, 0.5) is 10.1 Å². The molecule has 0 aromatic heterocycles. The average molecular weight is 567 g/mol. The molecule has 0 fully saturated rings. The van der Waals surface area contributed by atoms with Gasteiger partial charge in [-0.05, 0) is 60.2 Å². The lowest BCUT2D eigenvalue weighted by Crippen LogP contribution is -2.41. The largest absolute Gasteiger partial charge is 0.493 e. The molecule has 0 saturated carbocycles. The predicted molar refractivity (Wildman–Crippen MR) is 146 cm³/mol. The van der Waals surface area contributed by atoms with E-state index in [1.807, 2.05) is 0 Å². The van der Waals surface area contributed by atoms with Crippen molar-refractivity contribution < 1.29 is 27.1 Å². The normalized spacial score (nSPS) is 11.1. The number of methoxy groups -OCH3 is 2. The molecular formula is C26H28ClFN2O5S2. The van der Waals surface area contributed by atoms with E-state index >= 15 is 0 Å². The zero-order valence-electron chi connectivity index (χ0n) is 20.4. The Morgan fingerprint density at radius 1 is 1.03 bits per heavy atom. The van der Waals surface area contributed by atoms with Gasteiger partial charge in [0, 0.05) is 23.4 Å². The Labute approximate surface area is 226 Å². The van der Waals surface area contributed by atoms with Gasteiger partial charge in [-0.15, -0.1) is 0 Å². The number of ether oxygens (including phenoxy) is 2. The first-order valence-corrected chi connectivity index (χ1v) is 14.3. The molecule has 0 spiro atoms. The van der Waals surface area contributed by atoms with Crippen molar-refractivity contribution in [3.8, 4) is 11.5 Å². The Kier molecular flexibility index (Phi) is 10.5. The molecule has 3 rings (SSSR count). The molecule has 0 aliphatic heterocycles. The number of hydrogen-bond acceptors (Lipinski definition) is 6. The Hall–Kier alpha value is -2.95. The van der Waals surface area contributed by atoms with Gasteiger partial charge in [0.2, 0.25) is 5.91 Å². The van der Waals surface area contributed by atoms with Gasteiger partial charge < -0.3 is 14.8 Å². The molecule has 0 atom stereocenters. The zero-order chi connectivity index (χ0) is 26.8. The molecule has 3 aromatic carbocycles. The van der Waals surface area contributed by atoms with Crippen LogP contribution in [0.1, 0.15) is 12.0 Å². The van der Waals surface area contributed by atoms with Crippen LogP contribution in [0.5, 0.6) is 11.5 Å². The summed E-state index contributed by atoms with van der Waals surface area (Å²) in [6, 6.07) is 17.0. The Bertz CT molecular complexity index is 1310. The van der Waals surface area contributed by atoms with Crippen molar-refractivity contribution in [2.75, 3.05) is 37.4 Å². The summed E-state index contributed by atoms with van der Waals surface area (Å²) in [4.78, 5) is 12.7. The summed E-state index contributed by atoms with van der Waals surface area (Å²) in [5, 5.41) is 3.20. The van der Waals surface area contributed by atoms with Gasteiger partial charge in [-0.2, -0.15) is 11.8 Å². The number of nitrogens with zero attached hydrogens (tertiary/aromatic N) is 1. The molecule has 198 valence electrons. The number of carbonyl (C=O) groups is 1. The molecule has 1 N–H and O–H groups in total. The van der Waals surface area contributed by atoms with Gasteiger partial charge in [0.25, 0.3) is 10.0 Å². The number of halogens is 2. The van der Waals surface area contributed by atoms with E-state index in [2.05, 4.69) is 5.32 Å². The van der Waals surface area contributed by atoms with E-state index in [-0.39, 0.29) is 22.1 Å². The lowest BCUT2D eigenvalue weighted by atomic mass is 10.2. The number of benzene rings is 3. The topological polar surface area (TPSA) is 84.9 Å². The van der Waals surface area contributed by atoms with E-state index in [4.69, 9.17) is 21.1 Å². The third kappa shape index (κ3) is 7.77. The maximum Gasteiger partial charge on any atom is 0.264 e. The Balaban J connectivity index is 1.66. The van der Waals surface area contributed by atoms with Crippen molar-refractivity contribution in [3.05, 3.63) is 83.1 Å². The summed E-state index contributed by atoms with van der Waals surface area (Å²) in [5.41, 5.74) is 0.922. The van der Waals surface area contributed by atoms with E-state index < -0.39 is 22.5 Å². The van der Waals surface area contributed by atoms with Crippen LogP contribution in [0.3, 0.4) is 0 Å². The maximum absolute atomic E-state index is 13.7. The van der Waals surface area contributed by atoms with E-state index in [0.717, 1.165) is 4.31 Å². The van der Waals surface area contributed by atoms with Crippen molar-refractivity contribution in [1.82, 2.24) is 5.32 Å². The van der Waals surface area contributed by atoms with E-state index in [0.29, 0.717) is 40.8 Å². The molecule has 0 saturated heterocycles. The lowest BCUT2D eigenvalue weighted by Gasteiger charge is -2.24. The smallest absolute Gasteiger partial charge is 0.264 e. The minimum atomic E-state index is -4.14. The van der Waals surface area contributed by atoms with Crippen LogP contribution in [-0.4, -0.2) is 47.4 Å². The standard InChI is InChI=1S/C26H28ClFN2O5S2/c1-34-24-13-12-22(16-25(24)35-2)37(32,33)30(21-10-8-20(27)9-11-21)17-26(31)29-14-5-15-36-18-19-6-3-4-7-23(19)28/h3-4,6-13,16H,5,14-15,17-18H2,1-2H3,(H,29,31). The fourth-order valence-electron chi connectivity index (χ4n) is 3.41. The molecule has 11 heteroatoms. The van der Waals surface area contributed by atoms with Crippen molar-refractivity contribution in [1.29, 1.82) is 0 Å². The van der Waals surface area contributed by atoms with Crippen LogP contribution in [0, 0.1) is 5.82 Å². The molecule has 0 unspecified atom stereocenters. The van der Waals surface area contributed by atoms with Crippen molar-refractivity contribution in [2.45, 2.75) is 17.1 Å². The Morgan fingerprint density at radius 2 is 1.73 bits per heavy atom. The number of hydrogen-bond donors (Lipinski definition) is 1.